The van der Waals surface area contributed by atoms with E-state index >= 15 is 0 Å². The number of aryl methyl sites for hydroxylation is 2. The summed E-state index contributed by atoms with van der Waals surface area (Å²) in [6, 6.07) is 22.8. The lowest BCUT2D eigenvalue weighted by molar-refractivity contribution is -0.146. The summed E-state index contributed by atoms with van der Waals surface area (Å²) in [6.45, 7) is 1.63. The van der Waals surface area contributed by atoms with Gasteiger partial charge >= 0.3 is 5.97 Å². The van der Waals surface area contributed by atoms with Crippen LogP contribution in [0.2, 0.25) is 0 Å². The van der Waals surface area contributed by atoms with Crippen molar-refractivity contribution >= 4 is 32.7 Å². The Bertz CT molecular complexity index is 1570. The number of carbonyl (C=O) groups is 2. The summed E-state index contributed by atoms with van der Waals surface area (Å²) < 4.78 is 35.1. The predicted molar refractivity (Wildman–Crippen MR) is 142 cm³/mol. The van der Waals surface area contributed by atoms with Crippen LogP contribution in [-0.4, -0.2) is 48.2 Å². The molecule has 1 aliphatic heterocycles. The third kappa shape index (κ3) is 4.58. The first-order valence-corrected chi connectivity index (χ1v) is 13.6. The first kappa shape index (κ1) is 24.9. The average Bonchev–Trinajstić information content (AvgIpc) is 3.52. The van der Waals surface area contributed by atoms with Gasteiger partial charge in [0.1, 0.15) is 6.04 Å². The first-order chi connectivity index (χ1) is 17.8. The summed E-state index contributed by atoms with van der Waals surface area (Å²) >= 11 is 0. The lowest BCUT2D eigenvalue weighted by Gasteiger charge is -2.22. The maximum absolute atomic E-state index is 13.5. The van der Waals surface area contributed by atoms with E-state index in [1.54, 1.807) is 24.3 Å². The third-order valence-electron chi connectivity index (χ3n) is 6.88. The second kappa shape index (κ2) is 9.95. The molecule has 1 aliphatic rings. The number of fused-ring (bicyclic) bond motifs is 1. The van der Waals surface area contributed by atoms with Crippen LogP contribution < -0.4 is 0 Å². The highest BCUT2D eigenvalue weighted by atomic mass is 32.2. The molecular weight excluding hydrogens is 488 g/mol. The van der Waals surface area contributed by atoms with E-state index in [1.807, 2.05) is 73.1 Å². The van der Waals surface area contributed by atoms with E-state index in [9.17, 15) is 18.0 Å². The quantitative estimate of drug-likeness (QED) is 0.262. The number of hydrogen-bond acceptors (Lipinski definition) is 5. The second-order valence-electron chi connectivity index (χ2n) is 9.28. The predicted octanol–water partition coefficient (Wildman–Crippen LogP) is 4.73. The van der Waals surface area contributed by atoms with Crippen molar-refractivity contribution < 1.29 is 22.7 Å². The Hall–Kier alpha value is -3.75. The standard InChI is InChI=1S/C29H28N2O5S/c1-20-14-16-22(17-15-20)37(34,35)31-18-8-13-25(31)29(33)36-19-26(32)27-23-11-6-7-12-24(23)30(2)28(27)21-9-4-3-5-10-21/h3-7,9-12,14-17,25H,8,13,18-19H2,1-2H3. The molecule has 1 atom stereocenters. The molecule has 0 amide bonds. The molecule has 0 radical (unpaired) electrons. The van der Waals surface area contributed by atoms with Crippen molar-refractivity contribution in [3.05, 3.63) is 90.0 Å². The fourth-order valence-electron chi connectivity index (χ4n) is 5.02. The minimum Gasteiger partial charge on any atom is -0.456 e. The summed E-state index contributed by atoms with van der Waals surface area (Å²) in [5, 5.41) is 0.773. The Morgan fingerprint density at radius 3 is 2.35 bits per heavy atom. The van der Waals surface area contributed by atoms with Gasteiger partial charge in [0.05, 0.1) is 16.2 Å². The molecule has 0 spiro atoms. The highest BCUT2D eigenvalue weighted by Gasteiger charge is 2.40. The van der Waals surface area contributed by atoms with Crippen LogP contribution in [0.3, 0.4) is 0 Å². The fraction of sp³-hybridized carbons (Fsp3) is 0.241. The van der Waals surface area contributed by atoms with Crippen LogP contribution in [0.1, 0.15) is 28.8 Å². The van der Waals surface area contributed by atoms with Gasteiger partial charge in [0.15, 0.2) is 6.61 Å². The Kier molecular flexibility index (Phi) is 6.70. The van der Waals surface area contributed by atoms with Gasteiger partial charge in [-0.2, -0.15) is 4.31 Å². The number of para-hydroxylation sites is 1. The van der Waals surface area contributed by atoms with E-state index in [4.69, 9.17) is 4.74 Å². The molecule has 37 heavy (non-hydrogen) atoms. The minimum absolute atomic E-state index is 0.136. The van der Waals surface area contributed by atoms with Gasteiger partial charge in [-0.1, -0.05) is 66.2 Å². The van der Waals surface area contributed by atoms with Gasteiger partial charge < -0.3 is 9.30 Å². The second-order valence-corrected chi connectivity index (χ2v) is 11.2. The molecule has 1 fully saturated rings. The van der Waals surface area contributed by atoms with Gasteiger partial charge in [-0.3, -0.25) is 9.59 Å². The van der Waals surface area contributed by atoms with E-state index in [0.717, 1.165) is 27.7 Å². The van der Waals surface area contributed by atoms with Crippen molar-refractivity contribution in [1.82, 2.24) is 8.87 Å². The number of ether oxygens (including phenoxy) is 1. The van der Waals surface area contributed by atoms with Crippen LogP contribution >= 0.6 is 0 Å². The largest absolute Gasteiger partial charge is 0.456 e. The number of nitrogens with zero attached hydrogens (tertiary/aromatic N) is 2. The molecule has 4 aromatic rings. The molecule has 190 valence electrons. The lowest BCUT2D eigenvalue weighted by Crippen LogP contribution is -2.41. The monoisotopic (exact) mass is 516 g/mol. The van der Waals surface area contributed by atoms with E-state index in [-0.39, 0.29) is 17.2 Å². The van der Waals surface area contributed by atoms with Crippen molar-refractivity contribution in [3.8, 4) is 11.3 Å². The van der Waals surface area contributed by atoms with Gasteiger partial charge in [0, 0.05) is 24.5 Å². The zero-order valence-electron chi connectivity index (χ0n) is 20.8. The molecule has 2 heterocycles. The fourth-order valence-corrected chi connectivity index (χ4v) is 6.67. The van der Waals surface area contributed by atoms with Gasteiger partial charge in [-0.15, -0.1) is 0 Å². The summed E-state index contributed by atoms with van der Waals surface area (Å²) in [5.41, 5.74) is 3.93. The third-order valence-corrected chi connectivity index (χ3v) is 8.80. The molecule has 0 aliphatic carbocycles. The zero-order valence-corrected chi connectivity index (χ0v) is 21.6. The summed E-state index contributed by atoms with van der Waals surface area (Å²) in [6.07, 6.45) is 0.891. The molecule has 3 aromatic carbocycles. The minimum atomic E-state index is -3.86. The SMILES string of the molecule is Cc1ccc(S(=O)(=O)N2CCCC2C(=O)OCC(=O)c2c(-c3ccccc3)n(C)c3ccccc23)cc1. The molecule has 1 saturated heterocycles. The van der Waals surface area contributed by atoms with E-state index in [2.05, 4.69) is 0 Å². The highest BCUT2D eigenvalue weighted by Crippen LogP contribution is 2.34. The smallest absolute Gasteiger partial charge is 0.324 e. The number of sulfonamides is 1. The number of carbonyl (C=O) groups excluding carboxylic acids is 2. The zero-order chi connectivity index (χ0) is 26.2. The molecule has 5 rings (SSSR count). The van der Waals surface area contributed by atoms with Crippen LogP contribution in [0, 0.1) is 6.92 Å². The molecule has 1 unspecified atom stereocenters. The summed E-state index contributed by atoms with van der Waals surface area (Å²) in [5.74, 6) is -1.04. The number of benzene rings is 3. The maximum Gasteiger partial charge on any atom is 0.324 e. The number of ketones is 1. The number of esters is 1. The highest BCUT2D eigenvalue weighted by molar-refractivity contribution is 7.89. The number of hydrogen-bond donors (Lipinski definition) is 0. The van der Waals surface area contributed by atoms with Crippen molar-refractivity contribution in [2.45, 2.75) is 30.7 Å². The Morgan fingerprint density at radius 1 is 0.946 bits per heavy atom. The van der Waals surface area contributed by atoms with Gasteiger partial charge in [0.25, 0.3) is 0 Å². The molecular formula is C29H28N2O5S. The van der Waals surface area contributed by atoms with E-state index in [1.165, 1.54) is 4.31 Å². The molecule has 0 N–H and O–H groups in total. The maximum atomic E-state index is 13.5. The Labute approximate surface area is 216 Å². The molecule has 7 nitrogen and oxygen atoms in total. The summed E-state index contributed by atoms with van der Waals surface area (Å²) in [7, 11) is -1.96. The molecule has 0 bridgehead atoms. The van der Waals surface area contributed by atoms with Crippen molar-refractivity contribution in [2.75, 3.05) is 13.2 Å². The molecule has 1 aromatic heterocycles. The Balaban J connectivity index is 1.39. The van der Waals surface area contributed by atoms with Crippen LogP contribution in [-0.2, 0) is 26.6 Å². The van der Waals surface area contributed by atoms with Gasteiger partial charge in [0.2, 0.25) is 15.8 Å². The van der Waals surface area contributed by atoms with Gasteiger partial charge in [-0.05, 0) is 43.5 Å². The van der Waals surface area contributed by atoms with Crippen molar-refractivity contribution in [1.29, 1.82) is 0 Å². The van der Waals surface area contributed by atoms with Gasteiger partial charge in [-0.25, -0.2) is 8.42 Å². The van der Waals surface area contributed by atoms with Crippen molar-refractivity contribution in [2.24, 2.45) is 7.05 Å². The summed E-state index contributed by atoms with van der Waals surface area (Å²) in [4.78, 5) is 26.7. The van der Waals surface area contributed by atoms with Crippen LogP contribution in [0.25, 0.3) is 22.2 Å². The number of aromatic nitrogens is 1. The molecule has 8 heteroatoms. The molecule has 0 saturated carbocycles. The van der Waals surface area contributed by atoms with E-state index in [0.29, 0.717) is 18.4 Å². The van der Waals surface area contributed by atoms with Crippen LogP contribution in [0.5, 0.6) is 0 Å². The van der Waals surface area contributed by atoms with Crippen LogP contribution in [0.15, 0.2) is 83.8 Å². The number of rotatable bonds is 7. The lowest BCUT2D eigenvalue weighted by atomic mass is 10.0. The Morgan fingerprint density at radius 2 is 1.62 bits per heavy atom. The van der Waals surface area contributed by atoms with Crippen LogP contribution in [0.4, 0.5) is 0 Å². The first-order valence-electron chi connectivity index (χ1n) is 12.2. The topological polar surface area (TPSA) is 85.7 Å². The normalized spacial score (nSPS) is 16.2. The van der Waals surface area contributed by atoms with Crippen molar-refractivity contribution in [3.63, 3.8) is 0 Å². The average molecular weight is 517 g/mol. The number of Topliss-reactive ketones (excluding diaryl/α,β-unsaturated/α-hetero) is 1. The van der Waals surface area contributed by atoms with E-state index < -0.39 is 28.6 Å².